The second-order valence-electron chi connectivity index (χ2n) is 5.47. The SMILES string of the molecule is CCOc1ccccc1OCC(=O)NCCNC(=O)c1ccccc1OC. The van der Waals surface area contributed by atoms with Gasteiger partial charge in [0.25, 0.3) is 11.8 Å². The van der Waals surface area contributed by atoms with Gasteiger partial charge in [0.2, 0.25) is 0 Å². The molecule has 0 aliphatic carbocycles. The Kier molecular flexibility index (Phi) is 7.96. The van der Waals surface area contributed by atoms with Gasteiger partial charge in [-0.2, -0.15) is 0 Å². The molecule has 0 aliphatic rings. The minimum Gasteiger partial charge on any atom is -0.496 e. The fourth-order valence-electron chi connectivity index (χ4n) is 2.34. The van der Waals surface area contributed by atoms with Crippen LogP contribution in [0.4, 0.5) is 0 Å². The molecule has 7 nitrogen and oxygen atoms in total. The number of nitrogens with one attached hydrogen (secondary N) is 2. The Morgan fingerprint density at radius 2 is 1.44 bits per heavy atom. The van der Waals surface area contributed by atoms with Crippen LogP contribution in [0.3, 0.4) is 0 Å². The summed E-state index contributed by atoms with van der Waals surface area (Å²) in [7, 11) is 1.51. The molecule has 7 heteroatoms. The summed E-state index contributed by atoms with van der Waals surface area (Å²) in [5.74, 6) is 1.06. The molecule has 144 valence electrons. The van der Waals surface area contributed by atoms with Crippen molar-refractivity contribution in [3.05, 3.63) is 54.1 Å². The number of benzene rings is 2. The van der Waals surface area contributed by atoms with Crippen LogP contribution < -0.4 is 24.8 Å². The first-order valence-corrected chi connectivity index (χ1v) is 8.68. The number of hydrogen-bond acceptors (Lipinski definition) is 5. The van der Waals surface area contributed by atoms with Crippen LogP contribution in [0.5, 0.6) is 17.2 Å². The molecular weight excluding hydrogens is 348 g/mol. The number of rotatable bonds is 10. The maximum absolute atomic E-state index is 12.1. The van der Waals surface area contributed by atoms with Crippen molar-refractivity contribution in [1.82, 2.24) is 10.6 Å². The van der Waals surface area contributed by atoms with Crippen LogP contribution in [0.1, 0.15) is 17.3 Å². The van der Waals surface area contributed by atoms with Crippen molar-refractivity contribution in [2.75, 3.05) is 33.4 Å². The molecule has 0 saturated carbocycles. The van der Waals surface area contributed by atoms with Crippen molar-refractivity contribution in [2.24, 2.45) is 0 Å². The zero-order valence-corrected chi connectivity index (χ0v) is 15.5. The van der Waals surface area contributed by atoms with Gasteiger partial charge in [0.1, 0.15) is 5.75 Å². The molecule has 0 radical (unpaired) electrons. The van der Waals surface area contributed by atoms with E-state index in [9.17, 15) is 9.59 Å². The van der Waals surface area contributed by atoms with E-state index in [2.05, 4.69) is 10.6 Å². The molecule has 2 amide bonds. The molecule has 2 aromatic rings. The van der Waals surface area contributed by atoms with Gasteiger partial charge in [-0.25, -0.2) is 0 Å². The average molecular weight is 372 g/mol. The fourth-order valence-corrected chi connectivity index (χ4v) is 2.34. The third-order valence-corrected chi connectivity index (χ3v) is 3.59. The largest absolute Gasteiger partial charge is 0.496 e. The molecule has 27 heavy (non-hydrogen) atoms. The average Bonchev–Trinajstić information content (AvgIpc) is 2.70. The van der Waals surface area contributed by atoms with Gasteiger partial charge in [-0.05, 0) is 31.2 Å². The van der Waals surface area contributed by atoms with Crippen LogP contribution in [-0.2, 0) is 4.79 Å². The van der Waals surface area contributed by atoms with Crippen molar-refractivity contribution in [3.63, 3.8) is 0 Å². The second-order valence-corrected chi connectivity index (χ2v) is 5.47. The van der Waals surface area contributed by atoms with Gasteiger partial charge >= 0.3 is 0 Å². The van der Waals surface area contributed by atoms with Gasteiger partial charge in [0.05, 0.1) is 19.3 Å². The van der Waals surface area contributed by atoms with E-state index < -0.39 is 0 Å². The zero-order valence-electron chi connectivity index (χ0n) is 15.5. The third kappa shape index (κ3) is 6.22. The molecule has 0 fully saturated rings. The van der Waals surface area contributed by atoms with Crippen molar-refractivity contribution in [2.45, 2.75) is 6.92 Å². The lowest BCUT2D eigenvalue weighted by Gasteiger charge is -2.12. The summed E-state index contributed by atoms with van der Waals surface area (Å²) in [5, 5.41) is 5.42. The van der Waals surface area contributed by atoms with E-state index in [1.807, 2.05) is 19.1 Å². The first-order valence-electron chi connectivity index (χ1n) is 8.68. The Labute approximate surface area is 158 Å². The summed E-state index contributed by atoms with van der Waals surface area (Å²) in [6, 6.07) is 14.1. The molecule has 0 spiro atoms. The molecule has 2 aromatic carbocycles. The lowest BCUT2D eigenvalue weighted by Crippen LogP contribution is -2.36. The van der Waals surface area contributed by atoms with Crippen molar-refractivity contribution in [1.29, 1.82) is 0 Å². The highest BCUT2D eigenvalue weighted by atomic mass is 16.5. The maximum atomic E-state index is 12.1. The first-order chi connectivity index (χ1) is 13.2. The minimum absolute atomic E-state index is 0.134. The highest BCUT2D eigenvalue weighted by Crippen LogP contribution is 2.26. The predicted molar refractivity (Wildman–Crippen MR) is 101 cm³/mol. The standard InChI is InChI=1S/C20H24N2O5/c1-3-26-17-10-6-7-11-18(17)27-14-19(23)21-12-13-22-20(24)15-8-4-5-9-16(15)25-2/h4-11H,3,12-14H2,1-2H3,(H,21,23)(H,22,24). The van der Waals surface area contributed by atoms with Crippen LogP contribution in [0, 0.1) is 0 Å². The van der Waals surface area contributed by atoms with Gasteiger partial charge in [0.15, 0.2) is 18.1 Å². The van der Waals surface area contributed by atoms with Crippen LogP contribution in [0.15, 0.2) is 48.5 Å². The van der Waals surface area contributed by atoms with Crippen LogP contribution in [0.2, 0.25) is 0 Å². The van der Waals surface area contributed by atoms with Gasteiger partial charge in [-0.3, -0.25) is 9.59 Å². The lowest BCUT2D eigenvalue weighted by atomic mass is 10.2. The van der Waals surface area contributed by atoms with E-state index >= 15 is 0 Å². The number of carbonyl (C=O) groups excluding carboxylic acids is 2. The Morgan fingerprint density at radius 1 is 0.852 bits per heavy atom. The topological polar surface area (TPSA) is 85.9 Å². The van der Waals surface area contributed by atoms with E-state index in [0.717, 1.165) is 0 Å². The van der Waals surface area contributed by atoms with E-state index in [4.69, 9.17) is 14.2 Å². The molecule has 2 rings (SSSR count). The van der Waals surface area contributed by atoms with Gasteiger partial charge < -0.3 is 24.8 Å². The van der Waals surface area contributed by atoms with Gasteiger partial charge in [0, 0.05) is 13.1 Å². The summed E-state index contributed by atoms with van der Waals surface area (Å²) in [6.07, 6.45) is 0. The van der Waals surface area contributed by atoms with E-state index in [1.54, 1.807) is 36.4 Å². The van der Waals surface area contributed by atoms with Crippen molar-refractivity contribution < 1.29 is 23.8 Å². The summed E-state index contributed by atoms with van der Waals surface area (Å²) >= 11 is 0. The molecule has 0 heterocycles. The van der Waals surface area contributed by atoms with Crippen molar-refractivity contribution >= 4 is 11.8 Å². The van der Waals surface area contributed by atoms with Gasteiger partial charge in [-0.1, -0.05) is 24.3 Å². The summed E-state index contributed by atoms with van der Waals surface area (Å²) in [5.41, 5.74) is 0.446. The van der Waals surface area contributed by atoms with Crippen LogP contribution >= 0.6 is 0 Å². The summed E-state index contributed by atoms with van der Waals surface area (Å²) in [4.78, 5) is 24.0. The molecule has 0 saturated heterocycles. The smallest absolute Gasteiger partial charge is 0.258 e. The number of hydrogen-bond donors (Lipinski definition) is 2. The van der Waals surface area contributed by atoms with Crippen LogP contribution in [0.25, 0.3) is 0 Å². The Morgan fingerprint density at radius 3 is 2.11 bits per heavy atom. The highest BCUT2D eigenvalue weighted by molar-refractivity contribution is 5.96. The zero-order chi connectivity index (χ0) is 19.5. The second kappa shape index (κ2) is 10.7. The van der Waals surface area contributed by atoms with E-state index in [1.165, 1.54) is 7.11 Å². The molecule has 0 aromatic heterocycles. The Balaban J connectivity index is 1.71. The molecule has 0 aliphatic heterocycles. The number of para-hydroxylation sites is 3. The number of amides is 2. The van der Waals surface area contributed by atoms with Gasteiger partial charge in [-0.15, -0.1) is 0 Å². The fraction of sp³-hybridized carbons (Fsp3) is 0.300. The summed E-state index contributed by atoms with van der Waals surface area (Å²) < 4.78 is 16.1. The highest BCUT2D eigenvalue weighted by Gasteiger charge is 2.11. The normalized spacial score (nSPS) is 10.0. The number of ether oxygens (including phenoxy) is 3. The molecular formula is C20H24N2O5. The molecule has 2 N–H and O–H groups in total. The minimum atomic E-state index is -0.284. The quantitative estimate of drug-likeness (QED) is 0.623. The molecule has 0 bridgehead atoms. The monoisotopic (exact) mass is 372 g/mol. The van der Waals surface area contributed by atoms with E-state index in [0.29, 0.717) is 29.4 Å². The maximum Gasteiger partial charge on any atom is 0.258 e. The number of carbonyl (C=O) groups is 2. The predicted octanol–water partition coefficient (Wildman–Crippen LogP) is 2.02. The molecule has 0 atom stereocenters. The van der Waals surface area contributed by atoms with Crippen LogP contribution in [-0.4, -0.2) is 45.2 Å². The Hall–Kier alpha value is -3.22. The van der Waals surface area contributed by atoms with E-state index in [-0.39, 0.29) is 31.5 Å². The summed E-state index contributed by atoms with van der Waals surface area (Å²) in [6.45, 7) is 2.83. The third-order valence-electron chi connectivity index (χ3n) is 3.59. The molecule has 0 unspecified atom stereocenters. The Bertz CT molecular complexity index is 764. The van der Waals surface area contributed by atoms with Crippen molar-refractivity contribution in [3.8, 4) is 17.2 Å². The first kappa shape index (κ1) is 20.1. The number of methoxy groups -OCH3 is 1. The lowest BCUT2D eigenvalue weighted by molar-refractivity contribution is -0.123.